The number of aliphatic hydroxyl groups is 1. The van der Waals surface area contributed by atoms with Crippen molar-refractivity contribution in [1.29, 1.82) is 0 Å². The second-order valence-electron chi connectivity index (χ2n) is 4.94. The molecule has 1 aliphatic rings. The van der Waals surface area contributed by atoms with Gasteiger partial charge in [0, 0.05) is 5.92 Å². The van der Waals surface area contributed by atoms with E-state index in [0.29, 0.717) is 5.92 Å². The first-order valence-corrected chi connectivity index (χ1v) is 6.15. The van der Waals surface area contributed by atoms with Gasteiger partial charge in [-0.15, -0.1) is 0 Å². The van der Waals surface area contributed by atoms with E-state index in [9.17, 15) is 5.11 Å². The van der Waals surface area contributed by atoms with Crippen molar-refractivity contribution in [3.05, 3.63) is 58.2 Å². The van der Waals surface area contributed by atoms with Gasteiger partial charge < -0.3 is 5.11 Å². The first-order chi connectivity index (χ1) is 8.02. The van der Waals surface area contributed by atoms with Crippen molar-refractivity contribution in [3.8, 4) is 0 Å². The molecule has 1 heteroatoms. The molecular weight excluding hydrogens is 208 g/mol. The minimum Gasteiger partial charge on any atom is -0.389 e. The average Bonchev–Trinajstić information content (AvgIpc) is 2.57. The second-order valence-corrected chi connectivity index (χ2v) is 4.94. The molecule has 0 amide bonds. The van der Waals surface area contributed by atoms with Crippen LogP contribution in [0.2, 0.25) is 0 Å². The van der Waals surface area contributed by atoms with E-state index in [-0.39, 0.29) is 0 Å². The van der Waals surface area contributed by atoms with Crippen LogP contribution < -0.4 is 0 Å². The van der Waals surface area contributed by atoms with Crippen LogP contribution in [0.25, 0.3) is 0 Å². The quantitative estimate of drug-likeness (QED) is 0.807. The fraction of sp³-hybridized carbons (Fsp3) is 0.375. The maximum Gasteiger partial charge on any atom is 0.0764 e. The van der Waals surface area contributed by atoms with Crippen LogP contribution in [0.5, 0.6) is 0 Å². The van der Waals surface area contributed by atoms with Crippen LogP contribution in [0.1, 0.15) is 50.8 Å². The molecule has 90 valence electrons. The molecule has 1 aromatic carbocycles. The van der Waals surface area contributed by atoms with Crippen LogP contribution in [-0.2, 0) is 0 Å². The molecule has 0 fully saturated rings. The van der Waals surface area contributed by atoms with Crippen molar-refractivity contribution >= 4 is 0 Å². The van der Waals surface area contributed by atoms with E-state index in [1.54, 1.807) is 0 Å². The summed E-state index contributed by atoms with van der Waals surface area (Å²) < 4.78 is 0. The molecule has 0 aromatic heterocycles. The SMILES string of the molecule is CC1=CC(c2ccccc2C(C)O)C(C)=C1C. The van der Waals surface area contributed by atoms with Gasteiger partial charge in [-0.2, -0.15) is 0 Å². The number of benzene rings is 1. The zero-order chi connectivity index (χ0) is 12.6. The van der Waals surface area contributed by atoms with Gasteiger partial charge in [0.2, 0.25) is 0 Å². The lowest BCUT2D eigenvalue weighted by molar-refractivity contribution is 0.198. The van der Waals surface area contributed by atoms with Crippen LogP contribution in [0.15, 0.2) is 47.1 Å². The van der Waals surface area contributed by atoms with Crippen molar-refractivity contribution < 1.29 is 5.11 Å². The minimum atomic E-state index is -0.409. The van der Waals surface area contributed by atoms with Gasteiger partial charge in [0.1, 0.15) is 0 Å². The molecule has 2 unspecified atom stereocenters. The number of aliphatic hydroxyl groups excluding tert-OH is 1. The lowest BCUT2D eigenvalue weighted by atomic mass is 9.88. The van der Waals surface area contributed by atoms with Crippen molar-refractivity contribution in [2.75, 3.05) is 0 Å². The van der Waals surface area contributed by atoms with Gasteiger partial charge in [-0.1, -0.05) is 41.5 Å². The van der Waals surface area contributed by atoms with E-state index in [2.05, 4.69) is 32.9 Å². The summed E-state index contributed by atoms with van der Waals surface area (Å²) in [4.78, 5) is 0. The number of rotatable bonds is 2. The molecule has 0 spiro atoms. The summed E-state index contributed by atoms with van der Waals surface area (Å²) in [6.45, 7) is 8.35. The Hall–Kier alpha value is -1.34. The molecule has 0 bridgehead atoms. The van der Waals surface area contributed by atoms with Crippen molar-refractivity contribution in [1.82, 2.24) is 0 Å². The summed E-state index contributed by atoms with van der Waals surface area (Å²) in [5.74, 6) is 0.334. The lowest BCUT2D eigenvalue weighted by Crippen LogP contribution is -2.03. The largest absolute Gasteiger partial charge is 0.389 e. The van der Waals surface area contributed by atoms with Gasteiger partial charge in [0.15, 0.2) is 0 Å². The summed E-state index contributed by atoms with van der Waals surface area (Å²) in [5.41, 5.74) is 6.41. The highest BCUT2D eigenvalue weighted by Gasteiger charge is 2.22. The molecule has 2 atom stereocenters. The Morgan fingerprint density at radius 3 is 2.29 bits per heavy atom. The molecule has 0 heterocycles. The normalized spacial score (nSPS) is 21.7. The predicted molar refractivity (Wildman–Crippen MR) is 71.9 cm³/mol. The Balaban J connectivity index is 2.50. The highest BCUT2D eigenvalue weighted by Crippen LogP contribution is 2.39. The Morgan fingerprint density at radius 2 is 1.76 bits per heavy atom. The van der Waals surface area contributed by atoms with Gasteiger partial charge in [-0.25, -0.2) is 0 Å². The molecule has 2 rings (SSSR count). The maximum absolute atomic E-state index is 9.85. The fourth-order valence-electron chi connectivity index (χ4n) is 2.54. The molecule has 1 nitrogen and oxygen atoms in total. The summed E-state index contributed by atoms with van der Waals surface area (Å²) in [7, 11) is 0. The first-order valence-electron chi connectivity index (χ1n) is 6.15. The summed E-state index contributed by atoms with van der Waals surface area (Å²) in [6.07, 6.45) is 1.89. The third-order valence-corrected chi connectivity index (χ3v) is 3.85. The molecule has 17 heavy (non-hydrogen) atoms. The average molecular weight is 228 g/mol. The Labute approximate surface area is 103 Å². The van der Waals surface area contributed by atoms with Gasteiger partial charge in [0.05, 0.1) is 6.10 Å². The third-order valence-electron chi connectivity index (χ3n) is 3.85. The van der Waals surface area contributed by atoms with Gasteiger partial charge in [-0.05, 0) is 44.4 Å². The van der Waals surface area contributed by atoms with Crippen LogP contribution >= 0.6 is 0 Å². The van der Waals surface area contributed by atoms with E-state index >= 15 is 0 Å². The highest BCUT2D eigenvalue weighted by molar-refractivity contribution is 5.51. The molecule has 0 radical (unpaired) electrons. The zero-order valence-electron chi connectivity index (χ0n) is 11.0. The number of hydrogen-bond acceptors (Lipinski definition) is 1. The molecular formula is C16H20O. The molecule has 0 saturated carbocycles. The topological polar surface area (TPSA) is 20.2 Å². The van der Waals surface area contributed by atoms with E-state index < -0.39 is 6.10 Å². The van der Waals surface area contributed by atoms with Gasteiger partial charge in [-0.3, -0.25) is 0 Å². The van der Waals surface area contributed by atoms with E-state index in [1.165, 1.54) is 22.3 Å². The minimum absolute atomic E-state index is 0.334. The number of allylic oxidation sites excluding steroid dienone is 4. The molecule has 1 N–H and O–H groups in total. The highest BCUT2D eigenvalue weighted by atomic mass is 16.3. The maximum atomic E-state index is 9.85. The number of hydrogen-bond donors (Lipinski definition) is 1. The van der Waals surface area contributed by atoms with E-state index in [1.807, 2.05) is 25.1 Å². The summed E-state index contributed by atoms with van der Waals surface area (Å²) in [5, 5.41) is 9.85. The summed E-state index contributed by atoms with van der Waals surface area (Å²) in [6, 6.07) is 8.18. The molecule has 0 saturated heterocycles. The van der Waals surface area contributed by atoms with Crippen LogP contribution in [0.4, 0.5) is 0 Å². The van der Waals surface area contributed by atoms with Crippen LogP contribution in [-0.4, -0.2) is 5.11 Å². The Bertz CT molecular complexity index is 492. The molecule has 1 aliphatic carbocycles. The zero-order valence-corrected chi connectivity index (χ0v) is 11.0. The van der Waals surface area contributed by atoms with Crippen LogP contribution in [0.3, 0.4) is 0 Å². The molecule has 0 aliphatic heterocycles. The smallest absolute Gasteiger partial charge is 0.0764 e. The van der Waals surface area contributed by atoms with Crippen LogP contribution in [0, 0.1) is 0 Å². The first kappa shape index (κ1) is 12.1. The van der Waals surface area contributed by atoms with Gasteiger partial charge in [0.25, 0.3) is 0 Å². The van der Waals surface area contributed by atoms with E-state index in [4.69, 9.17) is 0 Å². The van der Waals surface area contributed by atoms with Crippen molar-refractivity contribution in [2.45, 2.75) is 39.7 Å². The fourth-order valence-corrected chi connectivity index (χ4v) is 2.54. The lowest BCUT2D eigenvalue weighted by Gasteiger charge is -2.18. The van der Waals surface area contributed by atoms with Crippen molar-refractivity contribution in [3.63, 3.8) is 0 Å². The summed E-state index contributed by atoms with van der Waals surface area (Å²) >= 11 is 0. The van der Waals surface area contributed by atoms with E-state index in [0.717, 1.165) is 5.56 Å². The second kappa shape index (κ2) is 4.50. The van der Waals surface area contributed by atoms with Crippen molar-refractivity contribution in [2.24, 2.45) is 0 Å². The predicted octanol–water partition coefficient (Wildman–Crippen LogP) is 4.12. The molecule has 1 aromatic rings. The Morgan fingerprint density at radius 1 is 1.12 bits per heavy atom. The standard InChI is InChI=1S/C16H20O/c1-10-9-16(12(3)11(10)2)15-8-6-5-7-14(15)13(4)17/h5-9,13,16-17H,1-4H3. The third kappa shape index (κ3) is 2.07. The monoisotopic (exact) mass is 228 g/mol. The van der Waals surface area contributed by atoms with Gasteiger partial charge >= 0.3 is 0 Å². The Kier molecular flexibility index (Phi) is 3.21.